The molecule has 0 amide bonds. The Labute approximate surface area is 146 Å². The van der Waals surface area contributed by atoms with Crippen molar-refractivity contribution in [2.45, 2.75) is 25.7 Å². The molecule has 0 unspecified atom stereocenters. The number of rotatable bonds is 7. The van der Waals surface area contributed by atoms with E-state index < -0.39 is 0 Å². The van der Waals surface area contributed by atoms with Gasteiger partial charge in [0.2, 0.25) is 0 Å². The number of ether oxygens (including phenoxy) is 1. The second-order valence-electron chi connectivity index (χ2n) is 5.96. The van der Waals surface area contributed by atoms with Gasteiger partial charge in [0.25, 0.3) is 0 Å². The van der Waals surface area contributed by atoms with Gasteiger partial charge in [0.05, 0.1) is 31.4 Å². The van der Waals surface area contributed by atoms with Crippen LogP contribution in [0.15, 0.2) is 55.0 Å². The van der Waals surface area contributed by atoms with E-state index in [9.17, 15) is 4.79 Å². The summed E-state index contributed by atoms with van der Waals surface area (Å²) < 4.78 is 6.79. The second-order valence-corrected chi connectivity index (χ2v) is 5.96. The van der Waals surface area contributed by atoms with Gasteiger partial charge < -0.3 is 4.74 Å². The average molecular weight is 336 g/mol. The number of carbonyl (C=O) groups excluding carboxylic acids is 1. The molecular formula is C19H20N4O2. The van der Waals surface area contributed by atoms with Crippen LogP contribution in [0, 0.1) is 0 Å². The lowest BCUT2D eigenvalue weighted by atomic mass is 9.97. The number of hydrogen-bond acceptors (Lipinski definition) is 5. The number of nitrogens with zero attached hydrogens (tertiary/aromatic N) is 4. The first kappa shape index (κ1) is 16.8. The number of ketones is 1. The second kappa shape index (κ2) is 7.70. The first-order chi connectivity index (χ1) is 12.2. The minimum Gasteiger partial charge on any atom is -0.495 e. The van der Waals surface area contributed by atoms with Crippen LogP contribution in [0.4, 0.5) is 0 Å². The highest BCUT2D eigenvalue weighted by atomic mass is 16.5. The molecule has 6 nitrogen and oxygen atoms in total. The summed E-state index contributed by atoms with van der Waals surface area (Å²) in [7, 11) is 1.61. The minimum atomic E-state index is 0.0767. The Balaban J connectivity index is 1.58. The summed E-state index contributed by atoms with van der Waals surface area (Å²) >= 11 is 0. The Morgan fingerprint density at radius 3 is 2.60 bits per heavy atom. The van der Waals surface area contributed by atoms with Crippen molar-refractivity contribution >= 4 is 5.78 Å². The van der Waals surface area contributed by atoms with E-state index in [1.54, 1.807) is 30.4 Å². The fourth-order valence-corrected chi connectivity index (χ4v) is 2.66. The smallest absolute Gasteiger partial charge is 0.137 e. The van der Waals surface area contributed by atoms with Gasteiger partial charge in [-0.2, -0.15) is 0 Å². The lowest BCUT2D eigenvalue weighted by Crippen LogP contribution is -2.09. The van der Waals surface area contributed by atoms with Crippen LogP contribution in [-0.4, -0.2) is 32.9 Å². The van der Waals surface area contributed by atoms with Gasteiger partial charge in [0, 0.05) is 24.5 Å². The molecule has 2 aromatic heterocycles. The van der Waals surface area contributed by atoms with Crippen molar-refractivity contribution in [3.05, 3.63) is 66.2 Å². The summed E-state index contributed by atoms with van der Waals surface area (Å²) in [6.07, 6.45) is 5.97. The fraction of sp³-hybridized carbons (Fsp3) is 0.263. The summed E-state index contributed by atoms with van der Waals surface area (Å²) in [6, 6.07) is 11.5. The maximum absolute atomic E-state index is 12.4. The van der Waals surface area contributed by atoms with Crippen LogP contribution in [0.5, 0.6) is 5.75 Å². The van der Waals surface area contributed by atoms with Crippen molar-refractivity contribution < 1.29 is 9.53 Å². The van der Waals surface area contributed by atoms with Crippen LogP contribution in [0.25, 0.3) is 5.69 Å². The van der Waals surface area contributed by atoms with Crippen molar-refractivity contribution in [1.82, 2.24) is 20.0 Å². The molecule has 1 atom stereocenters. The Bertz CT molecular complexity index is 812. The van der Waals surface area contributed by atoms with Crippen molar-refractivity contribution in [3.8, 4) is 11.4 Å². The molecule has 0 saturated carbocycles. The molecule has 0 bridgehead atoms. The topological polar surface area (TPSA) is 69.9 Å². The van der Waals surface area contributed by atoms with E-state index in [1.807, 2.05) is 43.3 Å². The lowest BCUT2D eigenvalue weighted by molar-refractivity contribution is -0.118. The standard InChI is InChI=1S/C19H20N4O2/c1-14(19-8-7-18(25-2)13-20-19)11-17(24)12-15-3-5-16(6-4-15)23-10-9-21-22-23/h3-10,13-14H,11-12H2,1-2H3/t14-/m0/s1. The number of pyridine rings is 1. The molecule has 1 aromatic carbocycles. The molecule has 128 valence electrons. The van der Waals surface area contributed by atoms with Gasteiger partial charge in [-0.15, -0.1) is 5.10 Å². The maximum atomic E-state index is 12.4. The monoisotopic (exact) mass is 336 g/mol. The van der Waals surface area contributed by atoms with Crippen LogP contribution in [-0.2, 0) is 11.2 Å². The summed E-state index contributed by atoms with van der Waals surface area (Å²) in [4.78, 5) is 16.7. The third kappa shape index (κ3) is 4.29. The minimum absolute atomic E-state index is 0.0767. The van der Waals surface area contributed by atoms with E-state index in [1.165, 1.54) is 0 Å². The molecule has 0 aliphatic rings. The van der Waals surface area contributed by atoms with E-state index in [0.717, 1.165) is 22.7 Å². The van der Waals surface area contributed by atoms with Gasteiger partial charge in [-0.05, 0) is 29.8 Å². The predicted octanol–water partition coefficient (Wildman–Crippen LogP) is 2.98. The Kier molecular flexibility index (Phi) is 5.18. The zero-order valence-electron chi connectivity index (χ0n) is 14.3. The number of Topliss-reactive ketones (excluding diaryl/α,β-unsaturated/α-hetero) is 1. The molecule has 0 fully saturated rings. The molecule has 0 N–H and O–H groups in total. The highest BCUT2D eigenvalue weighted by Gasteiger charge is 2.13. The normalized spacial score (nSPS) is 11.9. The van der Waals surface area contributed by atoms with Gasteiger partial charge in [-0.3, -0.25) is 9.78 Å². The van der Waals surface area contributed by atoms with E-state index in [4.69, 9.17) is 4.74 Å². The quantitative estimate of drug-likeness (QED) is 0.663. The maximum Gasteiger partial charge on any atom is 0.137 e. The molecule has 2 heterocycles. The molecule has 0 aliphatic carbocycles. The Hall–Kier alpha value is -3.02. The van der Waals surface area contributed by atoms with Crippen LogP contribution in [0.3, 0.4) is 0 Å². The van der Waals surface area contributed by atoms with Gasteiger partial charge in [-0.1, -0.05) is 24.3 Å². The highest BCUT2D eigenvalue weighted by Crippen LogP contribution is 2.20. The number of carbonyl (C=O) groups is 1. The van der Waals surface area contributed by atoms with Crippen LogP contribution >= 0.6 is 0 Å². The summed E-state index contributed by atoms with van der Waals surface area (Å²) in [5.74, 6) is 0.987. The predicted molar refractivity (Wildman–Crippen MR) is 93.9 cm³/mol. The molecule has 0 aliphatic heterocycles. The molecule has 0 radical (unpaired) electrons. The molecule has 0 spiro atoms. The molecule has 3 aromatic rings. The van der Waals surface area contributed by atoms with Gasteiger partial charge in [-0.25, -0.2) is 4.68 Å². The van der Waals surface area contributed by atoms with Gasteiger partial charge >= 0.3 is 0 Å². The van der Waals surface area contributed by atoms with Crippen LogP contribution in [0.2, 0.25) is 0 Å². The third-order valence-corrected chi connectivity index (χ3v) is 4.06. The highest BCUT2D eigenvalue weighted by molar-refractivity contribution is 5.81. The zero-order valence-corrected chi connectivity index (χ0v) is 14.3. The number of benzene rings is 1. The van der Waals surface area contributed by atoms with E-state index in [-0.39, 0.29) is 11.7 Å². The SMILES string of the molecule is COc1ccc([C@@H](C)CC(=O)Cc2ccc(-n3ccnn3)cc2)nc1. The van der Waals surface area contributed by atoms with Gasteiger partial charge in [0.1, 0.15) is 11.5 Å². The number of aromatic nitrogens is 4. The number of methoxy groups -OCH3 is 1. The summed E-state index contributed by atoms with van der Waals surface area (Å²) in [5.41, 5.74) is 2.81. The van der Waals surface area contributed by atoms with E-state index in [0.29, 0.717) is 12.8 Å². The lowest BCUT2D eigenvalue weighted by Gasteiger charge is -2.11. The summed E-state index contributed by atoms with van der Waals surface area (Å²) in [5, 5.41) is 7.73. The Morgan fingerprint density at radius 1 is 1.20 bits per heavy atom. The molecular weight excluding hydrogens is 316 g/mol. The van der Waals surface area contributed by atoms with Crippen molar-refractivity contribution in [2.24, 2.45) is 0 Å². The third-order valence-electron chi connectivity index (χ3n) is 4.06. The largest absolute Gasteiger partial charge is 0.495 e. The summed E-state index contributed by atoms with van der Waals surface area (Å²) in [6.45, 7) is 2.01. The fourth-order valence-electron chi connectivity index (χ4n) is 2.66. The average Bonchev–Trinajstić information content (AvgIpc) is 3.17. The van der Waals surface area contributed by atoms with Crippen molar-refractivity contribution in [2.75, 3.05) is 7.11 Å². The molecule has 3 rings (SSSR count). The van der Waals surface area contributed by atoms with Gasteiger partial charge in [0.15, 0.2) is 0 Å². The number of hydrogen-bond donors (Lipinski definition) is 0. The zero-order chi connectivity index (χ0) is 17.6. The van der Waals surface area contributed by atoms with Crippen LogP contribution in [0.1, 0.15) is 30.5 Å². The molecule has 6 heteroatoms. The van der Waals surface area contributed by atoms with Crippen molar-refractivity contribution in [3.63, 3.8) is 0 Å². The molecule has 0 saturated heterocycles. The first-order valence-electron chi connectivity index (χ1n) is 8.13. The van der Waals surface area contributed by atoms with Crippen molar-refractivity contribution in [1.29, 1.82) is 0 Å². The first-order valence-corrected chi connectivity index (χ1v) is 8.13. The van der Waals surface area contributed by atoms with Crippen LogP contribution < -0.4 is 4.74 Å². The van der Waals surface area contributed by atoms with E-state index >= 15 is 0 Å². The van der Waals surface area contributed by atoms with E-state index in [2.05, 4.69) is 15.3 Å². The molecule has 25 heavy (non-hydrogen) atoms. The Morgan fingerprint density at radius 2 is 2.00 bits per heavy atom.